The quantitative estimate of drug-likeness (QED) is 0.753. The fourth-order valence-corrected chi connectivity index (χ4v) is 3.65. The van der Waals surface area contributed by atoms with Gasteiger partial charge in [0, 0.05) is 11.6 Å². The van der Waals surface area contributed by atoms with E-state index >= 15 is 0 Å². The zero-order chi connectivity index (χ0) is 14.5. The number of rotatable bonds is 7. The third-order valence-electron chi connectivity index (χ3n) is 5.03. The Balaban J connectivity index is 2.84. The van der Waals surface area contributed by atoms with Crippen LogP contribution in [0.1, 0.15) is 66.2 Å². The van der Waals surface area contributed by atoms with Crippen molar-refractivity contribution < 1.29 is 0 Å². The molecule has 1 saturated carbocycles. The van der Waals surface area contributed by atoms with Crippen LogP contribution >= 0.6 is 0 Å². The third-order valence-corrected chi connectivity index (χ3v) is 5.03. The second kappa shape index (κ2) is 7.64. The fraction of sp³-hybridized carbons (Fsp3) is 1.00. The van der Waals surface area contributed by atoms with Gasteiger partial charge in [-0.05, 0) is 71.0 Å². The molecule has 19 heavy (non-hydrogen) atoms. The van der Waals surface area contributed by atoms with Gasteiger partial charge in [0.25, 0.3) is 0 Å². The molecule has 2 nitrogen and oxygen atoms in total. The second-order valence-corrected chi connectivity index (χ2v) is 7.32. The molecular weight excluding hydrogens is 232 g/mol. The molecule has 114 valence electrons. The molecule has 0 heterocycles. The number of nitrogens with one attached hydrogen (secondary N) is 1. The summed E-state index contributed by atoms with van der Waals surface area (Å²) in [6, 6.07) is 0.648. The summed E-state index contributed by atoms with van der Waals surface area (Å²) in [5.41, 5.74) is 0.381. The van der Waals surface area contributed by atoms with Gasteiger partial charge in [-0.2, -0.15) is 0 Å². The van der Waals surface area contributed by atoms with Crippen LogP contribution < -0.4 is 5.32 Å². The van der Waals surface area contributed by atoms with Crippen LogP contribution in [-0.4, -0.2) is 37.1 Å². The van der Waals surface area contributed by atoms with Gasteiger partial charge in [0.05, 0.1) is 0 Å². The van der Waals surface area contributed by atoms with Crippen molar-refractivity contribution in [2.45, 2.75) is 77.8 Å². The Bertz CT molecular complexity index is 240. The number of nitrogens with zero attached hydrogens (tertiary/aromatic N) is 1. The maximum absolute atomic E-state index is 3.87. The summed E-state index contributed by atoms with van der Waals surface area (Å²) < 4.78 is 0. The fourth-order valence-electron chi connectivity index (χ4n) is 3.65. The zero-order valence-corrected chi connectivity index (χ0v) is 14.1. The number of hydrogen-bond donors (Lipinski definition) is 1. The molecule has 0 spiro atoms. The number of likely N-dealkylation sites (N-methyl/N-ethyl adjacent to an activating group) is 1. The minimum atomic E-state index is 0.381. The van der Waals surface area contributed by atoms with Crippen LogP contribution in [0.4, 0.5) is 0 Å². The molecule has 0 aromatic heterocycles. The Morgan fingerprint density at radius 1 is 1.21 bits per heavy atom. The van der Waals surface area contributed by atoms with Crippen LogP contribution in [0.2, 0.25) is 0 Å². The molecular formula is C17H36N2. The number of hydrogen-bond acceptors (Lipinski definition) is 2. The lowest BCUT2D eigenvalue weighted by Gasteiger charge is -2.50. The van der Waals surface area contributed by atoms with E-state index in [0.29, 0.717) is 11.6 Å². The molecule has 2 heteroatoms. The first kappa shape index (κ1) is 17.0. The van der Waals surface area contributed by atoms with Crippen LogP contribution in [0.5, 0.6) is 0 Å². The van der Waals surface area contributed by atoms with Crippen molar-refractivity contribution in [1.29, 1.82) is 0 Å². The molecule has 1 fully saturated rings. The van der Waals surface area contributed by atoms with Crippen LogP contribution in [0, 0.1) is 11.8 Å². The smallest absolute Gasteiger partial charge is 0.0356 e. The maximum Gasteiger partial charge on any atom is 0.0356 e. The van der Waals surface area contributed by atoms with Gasteiger partial charge in [-0.3, -0.25) is 0 Å². The SMILES string of the molecule is CCCNC(CC(C)C)C1(N(C)C)CCC(C)CC1. The third kappa shape index (κ3) is 4.46. The van der Waals surface area contributed by atoms with Crippen molar-refractivity contribution in [2.24, 2.45) is 11.8 Å². The second-order valence-electron chi connectivity index (χ2n) is 7.32. The molecule has 0 amide bonds. The van der Waals surface area contributed by atoms with E-state index in [4.69, 9.17) is 0 Å². The van der Waals surface area contributed by atoms with Crippen LogP contribution in [0.25, 0.3) is 0 Å². The highest BCUT2D eigenvalue weighted by atomic mass is 15.2. The summed E-state index contributed by atoms with van der Waals surface area (Å²) in [5.74, 6) is 1.68. The van der Waals surface area contributed by atoms with Gasteiger partial charge in [0.1, 0.15) is 0 Å². The van der Waals surface area contributed by atoms with Gasteiger partial charge in [-0.15, -0.1) is 0 Å². The minimum absolute atomic E-state index is 0.381. The Morgan fingerprint density at radius 3 is 2.21 bits per heavy atom. The molecule has 1 N–H and O–H groups in total. The summed E-state index contributed by atoms with van der Waals surface area (Å²) in [6.07, 6.45) is 8.02. The van der Waals surface area contributed by atoms with Gasteiger partial charge in [-0.1, -0.05) is 27.7 Å². The Labute approximate surface area is 121 Å². The highest BCUT2D eigenvalue weighted by Crippen LogP contribution is 2.39. The summed E-state index contributed by atoms with van der Waals surface area (Å²) in [6.45, 7) is 10.6. The van der Waals surface area contributed by atoms with E-state index in [-0.39, 0.29) is 0 Å². The van der Waals surface area contributed by atoms with Gasteiger partial charge in [0.2, 0.25) is 0 Å². The Kier molecular flexibility index (Phi) is 6.82. The Hall–Kier alpha value is -0.0800. The molecule has 0 aromatic rings. The molecule has 0 saturated heterocycles. The van der Waals surface area contributed by atoms with Crippen molar-refractivity contribution in [3.05, 3.63) is 0 Å². The molecule has 1 unspecified atom stereocenters. The lowest BCUT2D eigenvalue weighted by Crippen LogP contribution is -2.61. The van der Waals surface area contributed by atoms with Crippen molar-refractivity contribution in [3.63, 3.8) is 0 Å². The van der Waals surface area contributed by atoms with Crippen molar-refractivity contribution in [2.75, 3.05) is 20.6 Å². The summed E-state index contributed by atoms with van der Waals surface area (Å²) >= 11 is 0. The highest BCUT2D eigenvalue weighted by molar-refractivity contribution is 5.01. The average molecular weight is 268 g/mol. The predicted molar refractivity (Wildman–Crippen MR) is 85.6 cm³/mol. The molecule has 1 aliphatic rings. The molecule has 1 atom stereocenters. The topological polar surface area (TPSA) is 15.3 Å². The lowest BCUT2D eigenvalue weighted by atomic mass is 9.70. The molecule has 0 aliphatic heterocycles. The van der Waals surface area contributed by atoms with E-state index in [9.17, 15) is 0 Å². The van der Waals surface area contributed by atoms with Crippen molar-refractivity contribution >= 4 is 0 Å². The highest BCUT2D eigenvalue weighted by Gasteiger charge is 2.42. The van der Waals surface area contributed by atoms with Crippen LogP contribution in [-0.2, 0) is 0 Å². The predicted octanol–water partition coefficient (Wildman–Crippen LogP) is 3.91. The molecule has 1 aliphatic carbocycles. The van der Waals surface area contributed by atoms with E-state index in [1.54, 1.807) is 0 Å². The Morgan fingerprint density at radius 2 is 1.79 bits per heavy atom. The van der Waals surface area contributed by atoms with Gasteiger partial charge in [-0.25, -0.2) is 0 Å². The van der Waals surface area contributed by atoms with E-state index in [2.05, 4.69) is 52.0 Å². The average Bonchev–Trinajstić information content (AvgIpc) is 2.35. The standard InChI is InChI=1S/C17H36N2/c1-7-12-18-16(13-14(2)3)17(19(5)6)10-8-15(4)9-11-17/h14-16,18H,7-13H2,1-6H3. The van der Waals surface area contributed by atoms with E-state index in [0.717, 1.165) is 18.4 Å². The van der Waals surface area contributed by atoms with Crippen LogP contribution in [0.15, 0.2) is 0 Å². The molecule has 1 rings (SSSR count). The largest absolute Gasteiger partial charge is 0.312 e. The van der Waals surface area contributed by atoms with Crippen molar-refractivity contribution in [3.8, 4) is 0 Å². The normalized spacial score (nSPS) is 30.0. The van der Waals surface area contributed by atoms with E-state index in [1.165, 1.54) is 38.5 Å². The first-order valence-corrected chi connectivity index (χ1v) is 8.33. The van der Waals surface area contributed by atoms with Crippen LogP contribution in [0.3, 0.4) is 0 Å². The first-order valence-electron chi connectivity index (χ1n) is 8.33. The van der Waals surface area contributed by atoms with Gasteiger partial charge >= 0.3 is 0 Å². The van der Waals surface area contributed by atoms with Crippen molar-refractivity contribution in [1.82, 2.24) is 10.2 Å². The van der Waals surface area contributed by atoms with Gasteiger partial charge < -0.3 is 10.2 Å². The van der Waals surface area contributed by atoms with E-state index in [1.807, 2.05) is 0 Å². The zero-order valence-electron chi connectivity index (χ0n) is 14.1. The maximum atomic E-state index is 3.87. The summed E-state index contributed by atoms with van der Waals surface area (Å²) in [7, 11) is 4.58. The minimum Gasteiger partial charge on any atom is -0.312 e. The van der Waals surface area contributed by atoms with Gasteiger partial charge in [0.15, 0.2) is 0 Å². The summed E-state index contributed by atoms with van der Waals surface area (Å²) in [4.78, 5) is 2.52. The monoisotopic (exact) mass is 268 g/mol. The molecule has 0 radical (unpaired) electrons. The molecule has 0 aromatic carbocycles. The molecule has 0 bridgehead atoms. The lowest BCUT2D eigenvalue weighted by molar-refractivity contribution is 0.0360. The van der Waals surface area contributed by atoms with E-state index < -0.39 is 0 Å². The summed E-state index contributed by atoms with van der Waals surface area (Å²) in [5, 5.41) is 3.87. The first-order chi connectivity index (χ1) is 8.92.